The summed E-state index contributed by atoms with van der Waals surface area (Å²) in [6, 6.07) is 7.23. The van der Waals surface area contributed by atoms with Crippen molar-refractivity contribution in [2.45, 2.75) is 20.0 Å². The molecule has 1 aromatic carbocycles. The van der Waals surface area contributed by atoms with E-state index in [1.165, 1.54) is 0 Å². The lowest BCUT2D eigenvalue weighted by molar-refractivity contribution is 0.200. The Labute approximate surface area is 83.5 Å². The number of hydrogen-bond acceptors (Lipinski definition) is 3. The fourth-order valence-electron chi connectivity index (χ4n) is 1.28. The van der Waals surface area contributed by atoms with Crippen molar-refractivity contribution in [2.24, 2.45) is 0 Å². The molecule has 0 spiro atoms. The van der Waals surface area contributed by atoms with Gasteiger partial charge in [-0.05, 0) is 25.0 Å². The summed E-state index contributed by atoms with van der Waals surface area (Å²) >= 11 is 0. The Morgan fingerprint density at radius 2 is 1.93 bits per heavy atom. The summed E-state index contributed by atoms with van der Waals surface area (Å²) in [4.78, 5) is 0. The van der Waals surface area contributed by atoms with E-state index in [-0.39, 0.29) is 0 Å². The molecule has 1 aromatic rings. The molecule has 1 atom stereocenters. The second kappa shape index (κ2) is 4.08. The number of rotatable bonds is 3. The summed E-state index contributed by atoms with van der Waals surface area (Å²) in [5, 5.41) is 0. The summed E-state index contributed by atoms with van der Waals surface area (Å²) in [7, 11) is -4.39. The van der Waals surface area contributed by atoms with Crippen LogP contribution in [-0.4, -0.2) is 13.0 Å². The van der Waals surface area contributed by atoms with Gasteiger partial charge >= 0.3 is 10.4 Å². The van der Waals surface area contributed by atoms with Crippen LogP contribution in [0.3, 0.4) is 0 Å². The molecule has 0 bridgehead atoms. The Hall–Kier alpha value is -0.910. The van der Waals surface area contributed by atoms with Crippen LogP contribution in [0.4, 0.5) is 0 Å². The van der Waals surface area contributed by atoms with Crippen LogP contribution < -0.4 is 0 Å². The monoisotopic (exact) mass is 216 g/mol. The van der Waals surface area contributed by atoms with E-state index in [0.29, 0.717) is 0 Å². The molecule has 0 radical (unpaired) electrons. The van der Waals surface area contributed by atoms with Gasteiger partial charge in [0.1, 0.15) is 6.10 Å². The van der Waals surface area contributed by atoms with E-state index in [4.69, 9.17) is 4.55 Å². The summed E-state index contributed by atoms with van der Waals surface area (Å²) in [5.74, 6) is 0. The lowest BCUT2D eigenvalue weighted by atomic mass is 10.1. The fraction of sp³-hybridized carbons (Fsp3) is 0.333. The van der Waals surface area contributed by atoms with E-state index < -0.39 is 16.5 Å². The molecule has 0 saturated carbocycles. The molecular weight excluding hydrogens is 204 g/mol. The highest BCUT2D eigenvalue weighted by atomic mass is 32.3. The van der Waals surface area contributed by atoms with Crippen LogP contribution in [0.5, 0.6) is 0 Å². The molecule has 14 heavy (non-hydrogen) atoms. The predicted molar refractivity (Wildman–Crippen MR) is 52.2 cm³/mol. The Balaban J connectivity index is 2.90. The third kappa shape index (κ3) is 3.10. The summed E-state index contributed by atoms with van der Waals surface area (Å²) in [5.41, 5.74) is 1.66. The fourth-order valence-corrected chi connectivity index (χ4v) is 1.75. The zero-order valence-electron chi connectivity index (χ0n) is 7.97. The maximum absolute atomic E-state index is 10.5. The SMILES string of the molecule is Cc1ccccc1C(C)OS(=O)(=O)O. The maximum Gasteiger partial charge on any atom is 0.397 e. The van der Waals surface area contributed by atoms with E-state index in [1.807, 2.05) is 19.1 Å². The van der Waals surface area contributed by atoms with Gasteiger partial charge in [-0.15, -0.1) is 0 Å². The van der Waals surface area contributed by atoms with Crippen molar-refractivity contribution < 1.29 is 17.2 Å². The van der Waals surface area contributed by atoms with Crippen LogP contribution in [0.25, 0.3) is 0 Å². The Bertz CT molecular complexity index is 411. The Kier molecular flexibility index (Phi) is 3.25. The quantitative estimate of drug-likeness (QED) is 0.783. The maximum atomic E-state index is 10.5. The molecule has 1 unspecified atom stereocenters. The highest BCUT2D eigenvalue weighted by Crippen LogP contribution is 2.21. The van der Waals surface area contributed by atoms with Gasteiger partial charge in [-0.1, -0.05) is 24.3 Å². The molecule has 0 aliphatic heterocycles. The van der Waals surface area contributed by atoms with Gasteiger partial charge in [0.15, 0.2) is 0 Å². The molecule has 0 amide bonds. The molecular formula is C9H12O4S. The number of benzene rings is 1. The van der Waals surface area contributed by atoms with Crippen LogP contribution in [-0.2, 0) is 14.6 Å². The van der Waals surface area contributed by atoms with Crippen molar-refractivity contribution in [3.8, 4) is 0 Å². The van der Waals surface area contributed by atoms with Gasteiger partial charge in [0.25, 0.3) is 0 Å². The zero-order chi connectivity index (χ0) is 10.8. The van der Waals surface area contributed by atoms with Gasteiger partial charge in [-0.2, -0.15) is 8.42 Å². The molecule has 0 saturated heterocycles. The second-order valence-corrected chi connectivity index (χ2v) is 4.07. The predicted octanol–water partition coefficient (Wildman–Crippen LogP) is 1.88. The minimum absolute atomic E-state index is 0.675. The molecule has 0 aliphatic rings. The molecule has 78 valence electrons. The van der Waals surface area contributed by atoms with Gasteiger partial charge in [-0.25, -0.2) is 4.18 Å². The van der Waals surface area contributed by atoms with Crippen molar-refractivity contribution >= 4 is 10.4 Å². The summed E-state index contributed by atoms with van der Waals surface area (Å²) in [6.07, 6.45) is -0.675. The van der Waals surface area contributed by atoms with Crippen LogP contribution in [0.15, 0.2) is 24.3 Å². The highest BCUT2D eigenvalue weighted by Gasteiger charge is 2.15. The molecule has 1 N–H and O–H groups in total. The lowest BCUT2D eigenvalue weighted by Crippen LogP contribution is -2.08. The first-order chi connectivity index (χ1) is 6.40. The third-order valence-electron chi connectivity index (χ3n) is 1.89. The van der Waals surface area contributed by atoms with Gasteiger partial charge < -0.3 is 0 Å². The first-order valence-electron chi connectivity index (χ1n) is 4.11. The van der Waals surface area contributed by atoms with Gasteiger partial charge in [0, 0.05) is 0 Å². The highest BCUT2D eigenvalue weighted by molar-refractivity contribution is 7.80. The first-order valence-corrected chi connectivity index (χ1v) is 5.48. The van der Waals surface area contributed by atoms with Gasteiger partial charge in [0.2, 0.25) is 0 Å². The van der Waals surface area contributed by atoms with Gasteiger partial charge in [-0.3, -0.25) is 4.55 Å². The topological polar surface area (TPSA) is 63.6 Å². The molecule has 0 aliphatic carbocycles. The Morgan fingerprint density at radius 1 is 1.36 bits per heavy atom. The number of aryl methyl sites for hydroxylation is 1. The van der Waals surface area contributed by atoms with Crippen molar-refractivity contribution in [2.75, 3.05) is 0 Å². The molecule has 1 rings (SSSR count). The van der Waals surface area contributed by atoms with Crippen LogP contribution in [0, 0.1) is 6.92 Å². The lowest BCUT2D eigenvalue weighted by Gasteiger charge is -2.12. The van der Waals surface area contributed by atoms with E-state index >= 15 is 0 Å². The van der Waals surface area contributed by atoms with Crippen LogP contribution in [0.2, 0.25) is 0 Å². The van der Waals surface area contributed by atoms with Crippen molar-refractivity contribution in [1.29, 1.82) is 0 Å². The van der Waals surface area contributed by atoms with E-state index in [2.05, 4.69) is 4.18 Å². The van der Waals surface area contributed by atoms with Crippen molar-refractivity contribution in [3.63, 3.8) is 0 Å². The first kappa shape index (κ1) is 11.2. The standard InChI is InChI=1S/C9H12O4S/c1-7-5-3-4-6-9(7)8(2)13-14(10,11)12/h3-6,8H,1-2H3,(H,10,11,12). The molecule has 0 heterocycles. The third-order valence-corrected chi connectivity index (χ3v) is 2.42. The van der Waals surface area contributed by atoms with E-state index in [9.17, 15) is 8.42 Å². The van der Waals surface area contributed by atoms with Gasteiger partial charge in [0.05, 0.1) is 0 Å². The summed E-state index contributed by atoms with van der Waals surface area (Å²) in [6.45, 7) is 3.41. The molecule has 4 nitrogen and oxygen atoms in total. The number of hydrogen-bond donors (Lipinski definition) is 1. The largest absolute Gasteiger partial charge is 0.397 e. The van der Waals surface area contributed by atoms with Crippen molar-refractivity contribution in [3.05, 3.63) is 35.4 Å². The van der Waals surface area contributed by atoms with Crippen LogP contribution in [0.1, 0.15) is 24.2 Å². The smallest absolute Gasteiger partial charge is 0.264 e. The van der Waals surface area contributed by atoms with Crippen molar-refractivity contribution in [1.82, 2.24) is 0 Å². The normalized spacial score (nSPS) is 13.9. The van der Waals surface area contributed by atoms with Crippen LogP contribution >= 0.6 is 0 Å². The van der Waals surface area contributed by atoms with E-state index in [0.717, 1.165) is 11.1 Å². The molecule has 0 fully saturated rings. The average Bonchev–Trinajstić information content (AvgIpc) is 2.01. The van der Waals surface area contributed by atoms with E-state index in [1.54, 1.807) is 19.1 Å². The molecule has 0 aromatic heterocycles. The summed E-state index contributed by atoms with van der Waals surface area (Å²) < 4.78 is 33.8. The minimum Gasteiger partial charge on any atom is -0.264 e. The zero-order valence-corrected chi connectivity index (χ0v) is 8.78. The second-order valence-electron chi connectivity index (χ2n) is 3.02. The average molecular weight is 216 g/mol. The minimum atomic E-state index is -4.39. The Morgan fingerprint density at radius 3 is 2.43 bits per heavy atom. The molecule has 5 heteroatoms.